The molecule has 3 aromatic rings. The molecule has 1 aliphatic rings. The summed E-state index contributed by atoms with van der Waals surface area (Å²) in [5.74, 6) is 0. The van der Waals surface area contributed by atoms with Crippen molar-refractivity contribution in [3.8, 4) is 0 Å². The topological polar surface area (TPSA) is 6.48 Å². The van der Waals surface area contributed by atoms with Gasteiger partial charge in [0, 0.05) is 46.7 Å². The van der Waals surface area contributed by atoms with Crippen molar-refractivity contribution in [2.24, 2.45) is 0 Å². The molecule has 0 aliphatic carbocycles. The van der Waals surface area contributed by atoms with Gasteiger partial charge >= 0.3 is 0 Å². The highest BCUT2D eigenvalue weighted by molar-refractivity contribution is 6.36. The number of halogens is 4. The molecule has 1 atom stereocenters. The van der Waals surface area contributed by atoms with Crippen LogP contribution in [-0.4, -0.2) is 31.1 Å². The number of piperazine rings is 1. The van der Waals surface area contributed by atoms with Crippen molar-refractivity contribution in [2.75, 3.05) is 31.1 Å². The van der Waals surface area contributed by atoms with E-state index in [2.05, 4.69) is 47.9 Å². The van der Waals surface area contributed by atoms with Crippen molar-refractivity contribution in [3.05, 3.63) is 97.9 Å². The van der Waals surface area contributed by atoms with E-state index >= 15 is 0 Å². The lowest BCUT2D eigenvalue weighted by molar-refractivity contribution is 0.186. The third kappa shape index (κ3) is 5.38. The Balaban J connectivity index is 1.61. The van der Waals surface area contributed by atoms with Crippen LogP contribution in [-0.2, 0) is 5.41 Å². The zero-order chi connectivity index (χ0) is 22.9. The van der Waals surface area contributed by atoms with E-state index in [1.54, 1.807) is 0 Å². The molecule has 3 aromatic carbocycles. The second-order valence-electron chi connectivity index (χ2n) is 8.98. The van der Waals surface area contributed by atoms with Crippen molar-refractivity contribution in [1.82, 2.24) is 4.90 Å². The van der Waals surface area contributed by atoms with E-state index < -0.39 is 0 Å². The van der Waals surface area contributed by atoms with Crippen LogP contribution in [0.4, 0.5) is 5.69 Å². The third-order valence-corrected chi connectivity index (χ3v) is 7.22. The molecular weight excluding hydrogens is 482 g/mol. The van der Waals surface area contributed by atoms with Crippen LogP contribution in [0.25, 0.3) is 0 Å². The highest BCUT2D eigenvalue weighted by Crippen LogP contribution is 2.37. The molecular formula is C26H26Cl4N2. The van der Waals surface area contributed by atoms with Crippen molar-refractivity contribution in [3.63, 3.8) is 0 Å². The van der Waals surface area contributed by atoms with E-state index in [1.165, 1.54) is 11.1 Å². The lowest BCUT2D eigenvalue weighted by Crippen LogP contribution is -2.51. The van der Waals surface area contributed by atoms with Crippen LogP contribution >= 0.6 is 46.4 Å². The first-order valence-electron chi connectivity index (χ1n) is 10.7. The van der Waals surface area contributed by atoms with Crippen LogP contribution in [0.2, 0.25) is 20.1 Å². The number of hydrogen-bond donors (Lipinski definition) is 0. The number of anilines is 1. The molecule has 168 valence electrons. The minimum atomic E-state index is -0.00474. The largest absolute Gasteiger partial charge is 0.361 e. The second-order valence-corrected chi connectivity index (χ2v) is 10.7. The summed E-state index contributed by atoms with van der Waals surface area (Å²) in [5.41, 5.74) is 3.50. The first-order valence-corrected chi connectivity index (χ1v) is 12.2. The number of rotatable bonds is 5. The lowest BCUT2D eigenvalue weighted by atomic mass is 9.83. The van der Waals surface area contributed by atoms with E-state index in [0.29, 0.717) is 10.0 Å². The van der Waals surface area contributed by atoms with Gasteiger partial charge in [0.1, 0.15) is 0 Å². The summed E-state index contributed by atoms with van der Waals surface area (Å²) in [4.78, 5) is 4.92. The SMILES string of the molecule is CC(C)(CN1CCN(c2ccc(Cl)cc2Cl)[C@H](c2ccc(Cl)cc2)C1)c1ccc(Cl)cc1. The predicted octanol–water partition coefficient (Wildman–Crippen LogP) is 8.14. The smallest absolute Gasteiger partial charge is 0.0670 e. The van der Waals surface area contributed by atoms with Crippen molar-refractivity contribution < 1.29 is 0 Å². The van der Waals surface area contributed by atoms with Gasteiger partial charge in [-0.05, 0) is 53.6 Å². The molecule has 1 heterocycles. The second kappa shape index (κ2) is 9.83. The maximum atomic E-state index is 6.60. The molecule has 1 saturated heterocycles. The molecule has 6 heteroatoms. The zero-order valence-corrected chi connectivity index (χ0v) is 21.2. The van der Waals surface area contributed by atoms with E-state index in [0.717, 1.165) is 41.9 Å². The molecule has 0 radical (unpaired) electrons. The van der Waals surface area contributed by atoms with Crippen LogP contribution < -0.4 is 4.90 Å². The average molecular weight is 508 g/mol. The molecule has 0 spiro atoms. The van der Waals surface area contributed by atoms with E-state index in [-0.39, 0.29) is 11.5 Å². The number of benzene rings is 3. The Bertz CT molecular complexity index is 1060. The Morgan fingerprint density at radius 2 is 1.38 bits per heavy atom. The number of hydrogen-bond acceptors (Lipinski definition) is 2. The highest BCUT2D eigenvalue weighted by atomic mass is 35.5. The zero-order valence-electron chi connectivity index (χ0n) is 18.2. The van der Waals surface area contributed by atoms with E-state index in [1.807, 2.05) is 42.5 Å². The fourth-order valence-corrected chi connectivity index (χ4v) is 5.28. The van der Waals surface area contributed by atoms with Gasteiger partial charge in [-0.15, -0.1) is 0 Å². The summed E-state index contributed by atoms with van der Waals surface area (Å²) >= 11 is 25.0. The van der Waals surface area contributed by atoms with Gasteiger partial charge in [0.25, 0.3) is 0 Å². The van der Waals surface area contributed by atoms with Crippen molar-refractivity contribution >= 4 is 52.1 Å². The fourth-order valence-electron chi connectivity index (χ4n) is 4.51. The van der Waals surface area contributed by atoms with Crippen LogP contribution in [0.15, 0.2) is 66.7 Å². The van der Waals surface area contributed by atoms with Gasteiger partial charge in [-0.1, -0.05) is 84.5 Å². The molecule has 0 unspecified atom stereocenters. The molecule has 0 bridgehead atoms. The van der Waals surface area contributed by atoms with Gasteiger partial charge in [-0.3, -0.25) is 4.90 Å². The van der Waals surface area contributed by atoms with E-state index in [4.69, 9.17) is 46.4 Å². The Morgan fingerprint density at radius 3 is 2.00 bits per heavy atom. The number of nitrogens with zero attached hydrogens (tertiary/aromatic N) is 2. The molecule has 1 aliphatic heterocycles. The first kappa shape index (κ1) is 23.7. The molecule has 0 N–H and O–H groups in total. The lowest BCUT2D eigenvalue weighted by Gasteiger charge is -2.45. The van der Waals surface area contributed by atoms with Gasteiger partial charge in [-0.2, -0.15) is 0 Å². The minimum Gasteiger partial charge on any atom is -0.361 e. The van der Waals surface area contributed by atoms with Gasteiger partial charge < -0.3 is 4.90 Å². The van der Waals surface area contributed by atoms with Crippen LogP contribution in [0.3, 0.4) is 0 Å². The van der Waals surface area contributed by atoms with Crippen LogP contribution in [0.5, 0.6) is 0 Å². The predicted molar refractivity (Wildman–Crippen MR) is 139 cm³/mol. The Labute approximate surface area is 210 Å². The summed E-state index contributed by atoms with van der Waals surface area (Å²) in [6.45, 7) is 8.22. The first-order chi connectivity index (χ1) is 15.2. The normalized spacial score (nSPS) is 17.6. The average Bonchev–Trinajstić information content (AvgIpc) is 2.75. The summed E-state index contributed by atoms with van der Waals surface area (Å²) in [6.07, 6.45) is 0. The third-order valence-electron chi connectivity index (χ3n) is 6.18. The van der Waals surface area contributed by atoms with E-state index in [9.17, 15) is 0 Å². The molecule has 1 fully saturated rings. The summed E-state index contributed by atoms with van der Waals surface area (Å²) in [7, 11) is 0. The van der Waals surface area contributed by atoms with Gasteiger partial charge in [0.2, 0.25) is 0 Å². The van der Waals surface area contributed by atoms with Crippen LogP contribution in [0, 0.1) is 0 Å². The van der Waals surface area contributed by atoms with Crippen molar-refractivity contribution in [2.45, 2.75) is 25.3 Å². The quantitative estimate of drug-likeness (QED) is 0.343. The van der Waals surface area contributed by atoms with Gasteiger partial charge in [-0.25, -0.2) is 0 Å². The van der Waals surface area contributed by atoms with Crippen LogP contribution in [0.1, 0.15) is 31.0 Å². The molecule has 32 heavy (non-hydrogen) atoms. The fraction of sp³-hybridized carbons (Fsp3) is 0.308. The Kier molecular flexibility index (Phi) is 7.29. The molecule has 0 amide bonds. The highest BCUT2D eigenvalue weighted by Gasteiger charge is 2.33. The molecule has 0 aromatic heterocycles. The maximum Gasteiger partial charge on any atom is 0.0670 e. The Hall–Kier alpha value is -1.42. The minimum absolute atomic E-state index is 0.00474. The molecule has 0 saturated carbocycles. The Morgan fingerprint density at radius 1 is 0.781 bits per heavy atom. The summed E-state index contributed by atoms with van der Waals surface area (Å²) < 4.78 is 0. The summed E-state index contributed by atoms with van der Waals surface area (Å²) in [5, 5.41) is 2.82. The molecule has 4 rings (SSSR count). The summed E-state index contributed by atoms with van der Waals surface area (Å²) in [6, 6.07) is 22.2. The standard InChI is InChI=1S/C26H26Cl4N2/c1-26(2,19-5-9-21(28)10-6-19)17-31-13-14-32(24-12-11-22(29)15-23(24)30)25(16-31)18-3-7-20(27)8-4-18/h3-12,15,25H,13-14,16-17H2,1-2H3/t25-/m0/s1. The monoisotopic (exact) mass is 506 g/mol. The van der Waals surface area contributed by atoms with Gasteiger partial charge in [0.15, 0.2) is 0 Å². The maximum absolute atomic E-state index is 6.60. The molecule has 2 nitrogen and oxygen atoms in total. The van der Waals surface area contributed by atoms with Gasteiger partial charge in [0.05, 0.1) is 16.8 Å². The van der Waals surface area contributed by atoms with Crippen molar-refractivity contribution in [1.29, 1.82) is 0 Å².